The van der Waals surface area contributed by atoms with Crippen molar-refractivity contribution < 1.29 is 14.6 Å². The Morgan fingerprint density at radius 3 is 2.56 bits per heavy atom. The standard InChI is InChI=1S/C12H23NO3/c1-12(11(14)15,13-8-9-16-2)10-6-4-3-5-7-10/h10,13H,3-9H2,1-2H3,(H,14,15). The van der Waals surface area contributed by atoms with E-state index in [4.69, 9.17) is 4.74 Å². The lowest BCUT2D eigenvalue weighted by Crippen LogP contribution is -2.56. The quantitative estimate of drug-likeness (QED) is 0.680. The van der Waals surface area contributed by atoms with E-state index < -0.39 is 11.5 Å². The summed E-state index contributed by atoms with van der Waals surface area (Å²) in [4.78, 5) is 11.4. The molecule has 94 valence electrons. The van der Waals surface area contributed by atoms with E-state index in [1.165, 1.54) is 6.42 Å². The second kappa shape index (κ2) is 6.21. The molecule has 1 unspecified atom stereocenters. The lowest BCUT2D eigenvalue weighted by Gasteiger charge is -2.37. The Morgan fingerprint density at radius 2 is 2.06 bits per heavy atom. The second-order valence-electron chi connectivity index (χ2n) is 4.76. The van der Waals surface area contributed by atoms with Gasteiger partial charge in [0.25, 0.3) is 0 Å². The van der Waals surface area contributed by atoms with E-state index >= 15 is 0 Å². The number of methoxy groups -OCH3 is 1. The minimum absolute atomic E-state index is 0.246. The zero-order valence-electron chi connectivity index (χ0n) is 10.3. The summed E-state index contributed by atoms with van der Waals surface area (Å²) in [5.74, 6) is -0.494. The maximum absolute atomic E-state index is 11.4. The van der Waals surface area contributed by atoms with Gasteiger partial charge < -0.3 is 9.84 Å². The van der Waals surface area contributed by atoms with Crippen LogP contribution in [0.15, 0.2) is 0 Å². The molecule has 0 heterocycles. The molecule has 0 amide bonds. The van der Waals surface area contributed by atoms with Crippen LogP contribution in [-0.2, 0) is 9.53 Å². The average Bonchev–Trinajstić information content (AvgIpc) is 2.30. The van der Waals surface area contributed by atoms with Gasteiger partial charge in [-0.15, -0.1) is 0 Å². The first-order valence-corrected chi connectivity index (χ1v) is 6.08. The first kappa shape index (κ1) is 13.5. The number of ether oxygens (including phenoxy) is 1. The number of rotatable bonds is 6. The maximum atomic E-state index is 11.4. The van der Waals surface area contributed by atoms with Gasteiger partial charge in [0.1, 0.15) is 5.54 Å². The van der Waals surface area contributed by atoms with Gasteiger partial charge in [0.2, 0.25) is 0 Å². The van der Waals surface area contributed by atoms with Crippen molar-refractivity contribution in [3.05, 3.63) is 0 Å². The third-order valence-corrected chi connectivity index (χ3v) is 3.66. The molecule has 16 heavy (non-hydrogen) atoms. The van der Waals surface area contributed by atoms with E-state index in [1.807, 2.05) is 0 Å². The zero-order valence-corrected chi connectivity index (χ0v) is 10.3. The molecule has 1 aliphatic carbocycles. The minimum Gasteiger partial charge on any atom is -0.480 e. The number of aliphatic carboxylic acids is 1. The Kier molecular flexibility index (Phi) is 5.22. The van der Waals surface area contributed by atoms with Crippen LogP contribution in [0.4, 0.5) is 0 Å². The number of carbonyl (C=O) groups is 1. The molecule has 4 nitrogen and oxygen atoms in total. The van der Waals surface area contributed by atoms with E-state index in [2.05, 4.69) is 5.32 Å². The number of hydrogen-bond donors (Lipinski definition) is 2. The van der Waals surface area contributed by atoms with Crippen LogP contribution < -0.4 is 5.32 Å². The largest absolute Gasteiger partial charge is 0.480 e. The maximum Gasteiger partial charge on any atom is 0.323 e. The molecule has 0 aromatic heterocycles. The van der Waals surface area contributed by atoms with Crippen LogP contribution in [0, 0.1) is 5.92 Å². The van der Waals surface area contributed by atoms with Crippen LogP contribution >= 0.6 is 0 Å². The molecule has 0 spiro atoms. The van der Waals surface area contributed by atoms with E-state index in [9.17, 15) is 9.90 Å². The molecule has 2 N–H and O–H groups in total. The molecule has 1 aliphatic rings. The van der Waals surface area contributed by atoms with Crippen molar-refractivity contribution in [2.75, 3.05) is 20.3 Å². The fraction of sp³-hybridized carbons (Fsp3) is 0.917. The summed E-state index contributed by atoms with van der Waals surface area (Å²) in [6.45, 7) is 2.95. The Balaban J connectivity index is 2.58. The molecule has 0 bridgehead atoms. The van der Waals surface area contributed by atoms with Gasteiger partial charge in [-0.1, -0.05) is 19.3 Å². The summed E-state index contributed by atoms with van der Waals surface area (Å²) in [6.07, 6.45) is 5.58. The van der Waals surface area contributed by atoms with E-state index in [-0.39, 0.29) is 5.92 Å². The monoisotopic (exact) mass is 229 g/mol. The number of carboxylic acid groups (broad SMARTS) is 1. The van der Waals surface area contributed by atoms with Gasteiger partial charge >= 0.3 is 5.97 Å². The first-order valence-electron chi connectivity index (χ1n) is 6.08. The topological polar surface area (TPSA) is 58.6 Å². The highest BCUT2D eigenvalue weighted by atomic mass is 16.5. The third kappa shape index (κ3) is 3.19. The van der Waals surface area contributed by atoms with Crippen LogP contribution in [-0.4, -0.2) is 36.9 Å². The fourth-order valence-electron chi connectivity index (χ4n) is 2.49. The average molecular weight is 229 g/mol. The van der Waals surface area contributed by atoms with Crippen LogP contribution in [0.25, 0.3) is 0 Å². The summed E-state index contributed by atoms with van der Waals surface area (Å²) in [7, 11) is 1.63. The Morgan fingerprint density at radius 1 is 1.44 bits per heavy atom. The normalized spacial score (nSPS) is 21.6. The fourth-order valence-corrected chi connectivity index (χ4v) is 2.49. The molecule has 1 saturated carbocycles. The summed E-state index contributed by atoms with van der Waals surface area (Å²) in [5, 5.41) is 12.5. The highest BCUT2D eigenvalue weighted by molar-refractivity contribution is 5.78. The number of carboxylic acids is 1. The van der Waals surface area contributed by atoms with E-state index in [0.29, 0.717) is 13.2 Å². The predicted molar refractivity (Wildman–Crippen MR) is 62.5 cm³/mol. The van der Waals surface area contributed by atoms with Gasteiger partial charge in [-0.25, -0.2) is 0 Å². The van der Waals surface area contributed by atoms with Crippen LogP contribution in [0.2, 0.25) is 0 Å². The second-order valence-corrected chi connectivity index (χ2v) is 4.76. The predicted octanol–water partition coefficient (Wildman–Crippen LogP) is 1.65. The molecular formula is C12H23NO3. The molecule has 0 radical (unpaired) electrons. The van der Waals surface area contributed by atoms with Crippen molar-refractivity contribution in [1.82, 2.24) is 5.32 Å². The third-order valence-electron chi connectivity index (χ3n) is 3.66. The summed E-state index contributed by atoms with van der Waals surface area (Å²) < 4.78 is 4.95. The molecular weight excluding hydrogens is 206 g/mol. The lowest BCUT2D eigenvalue weighted by atomic mass is 9.75. The summed E-state index contributed by atoms with van der Waals surface area (Å²) in [5.41, 5.74) is -0.793. The molecule has 4 heteroatoms. The van der Waals surface area contributed by atoms with Crippen molar-refractivity contribution in [3.8, 4) is 0 Å². The van der Waals surface area contributed by atoms with E-state index in [1.54, 1.807) is 14.0 Å². The van der Waals surface area contributed by atoms with Gasteiger partial charge in [0.05, 0.1) is 6.61 Å². The molecule has 1 atom stereocenters. The molecule has 1 fully saturated rings. The molecule has 0 aliphatic heterocycles. The van der Waals surface area contributed by atoms with Gasteiger partial charge in [-0.2, -0.15) is 0 Å². The van der Waals surface area contributed by atoms with Crippen molar-refractivity contribution in [3.63, 3.8) is 0 Å². The van der Waals surface area contributed by atoms with Crippen molar-refractivity contribution >= 4 is 5.97 Å². The Hall–Kier alpha value is -0.610. The van der Waals surface area contributed by atoms with Crippen LogP contribution in [0.1, 0.15) is 39.0 Å². The molecule has 0 saturated heterocycles. The van der Waals surface area contributed by atoms with Gasteiger partial charge in [-0.3, -0.25) is 10.1 Å². The Bertz CT molecular complexity index is 226. The van der Waals surface area contributed by atoms with Gasteiger partial charge in [0, 0.05) is 13.7 Å². The van der Waals surface area contributed by atoms with Gasteiger partial charge in [0.15, 0.2) is 0 Å². The van der Waals surface area contributed by atoms with Crippen molar-refractivity contribution in [1.29, 1.82) is 0 Å². The van der Waals surface area contributed by atoms with Crippen molar-refractivity contribution in [2.24, 2.45) is 5.92 Å². The smallest absolute Gasteiger partial charge is 0.323 e. The van der Waals surface area contributed by atoms with Crippen LogP contribution in [0.5, 0.6) is 0 Å². The highest BCUT2D eigenvalue weighted by Crippen LogP contribution is 2.32. The van der Waals surface area contributed by atoms with Gasteiger partial charge in [-0.05, 0) is 25.7 Å². The Labute approximate surface area is 97.4 Å². The first-order chi connectivity index (χ1) is 7.61. The van der Waals surface area contributed by atoms with Crippen molar-refractivity contribution in [2.45, 2.75) is 44.6 Å². The molecule has 0 aromatic carbocycles. The molecule has 1 rings (SSSR count). The molecule has 0 aromatic rings. The zero-order chi connectivity index (χ0) is 12.0. The SMILES string of the molecule is COCCNC(C)(C(=O)O)C1CCCCC1. The highest BCUT2D eigenvalue weighted by Gasteiger charge is 2.41. The number of hydrogen-bond acceptors (Lipinski definition) is 3. The minimum atomic E-state index is -0.793. The van der Waals surface area contributed by atoms with Crippen LogP contribution in [0.3, 0.4) is 0 Å². The lowest BCUT2D eigenvalue weighted by molar-refractivity contribution is -0.147. The number of nitrogens with one attached hydrogen (secondary N) is 1. The van der Waals surface area contributed by atoms with E-state index in [0.717, 1.165) is 25.7 Å². The summed E-state index contributed by atoms with van der Waals surface area (Å²) in [6, 6.07) is 0. The summed E-state index contributed by atoms with van der Waals surface area (Å²) >= 11 is 0.